The fraction of sp³-hybridized carbons (Fsp3) is 0.632. The third-order valence-corrected chi connectivity index (χ3v) is 4.57. The van der Waals surface area contributed by atoms with Gasteiger partial charge in [-0.05, 0) is 24.5 Å². The van der Waals surface area contributed by atoms with E-state index in [1.807, 2.05) is 12.1 Å². The maximum atomic E-state index is 5.93. The smallest absolute Gasteiger partial charge is 0.191 e. The zero-order valence-electron chi connectivity index (χ0n) is 15.4. The second-order valence-electron chi connectivity index (χ2n) is 6.59. The van der Waals surface area contributed by atoms with Gasteiger partial charge in [-0.3, -0.25) is 4.99 Å². The van der Waals surface area contributed by atoms with E-state index in [1.165, 1.54) is 5.56 Å². The summed E-state index contributed by atoms with van der Waals surface area (Å²) in [6, 6.07) is 8.22. The predicted octanol–water partition coefficient (Wildman–Crippen LogP) is 2.22. The predicted molar refractivity (Wildman–Crippen MR) is 114 cm³/mol. The Labute approximate surface area is 173 Å². The van der Waals surface area contributed by atoms with E-state index in [2.05, 4.69) is 27.8 Å². The summed E-state index contributed by atoms with van der Waals surface area (Å²) in [5.74, 6) is 2.39. The highest BCUT2D eigenvalue weighted by molar-refractivity contribution is 14.0. The van der Waals surface area contributed by atoms with Crippen molar-refractivity contribution in [2.75, 3.05) is 46.6 Å². The Morgan fingerprint density at radius 1 is 1.31 bits per heavy atom. The van der Waals surface area contributed by atoms with Crippen LogP contribution in [0.3, 0.4) is 0 Å². The molecule has 1 fully saturated rings. The molecule has 0 amide bonds. The van der Waals surface area contributed by atoms with Gasteiger partial charge in [-0.15, -0.1) is 24.0 Å². The number of rotatable bonds is 8. The number of fused-ring (bicyclic) bond motifs is 1. The molecule has 7 heteroatoms. The molecule has 0 aromatic heterocycles. The zero-order chi connectivity index (χ0) is 17.3. The fourth-order valence-corrected chi connectivity index (χ4v) is 3.14. The third kappa shape index (κ3) is 6.59. The number of halogens is 1. The second-order valence-corrected chi connectivity index (χ2v) is 6.59. The van der Waals surface area contributed by atoms with Crippen LogP contribution in [0.5, 0.6) is 5.75 Å². The van der Waals surface area contributed by atoms with Crippen LogP contribution in [0.2, 0.25) is 0 Å². The molecule has 2 atom stereocenters. The Kier molecular flexibility index (Phi) is 9.49. The van der Waals surface area contributed by atoms with Crippen LogP contribution in [0.1, 0.15) is 18.4 Å². The van der Waals surface area contributed by atoms with Crippen molar-refractivity contribution >= 4 is 29.9 Å². The van der Waals surface area contributed by atoms with Gasteiger partial charge in [0, 0.05) is 39.1 Å². The highest BCUT2D eigenvalue weighted by Gasteiger charge is 2.22. The van der Waals surface area contributed by atoms with Crippen LogP contribution in [0.4, 0.5) is 0 Å². The normalized spacial score (nSPS) is 21.7. The van der Waals surface area contributed by atoms with Crippen molar-refractivity contribution in [1.29, 1.82) is 0 Å². The summed E-state index contributed by atoms with van der Waals surface area (Å²) in [7, 11) is 1.79. The topological polar surface area (TPSA) is 64.1 Å². The molecule has 0 saturated carbocycles. The van der Waals surface area contributed by atoms with Gasteiger partial charge >= 0.3 is 0 Å². The number of benzene rings is 1. The van der Waals surface area contributed by atoms with Gasteiger partial charge in [-0.25, -0.2) is 0 Å². The molecule has 146 valence electrons. The molecule has 3 rings (SSSR count). The van der Waals surface area contributed by atoms with Crippen molar-refractivity contribution in [3.05, 3.63) is 29.8 Å². The third-order valence-electron chi connectivity index (χ3n) is 4.57. The highest BCUT2D eigenvalue weighted by Crippen LogP contribution is 2.27. The minimum atomic E-state index is 0. The lowest BCUT2D eigenvalue weighted by Gasteiger charge is -2.15. The van der Waals surface area contributed by atoms with E-state index in [0.717, 1.165) is 70.5 Å². The summed E-state index contributed by atoms with van der Waals surface area (Å²) >= 11 is 0. The SMILES string of the molecule is CN=C(NCCCOCC1CCOC1)NCC1Cc2ccccc2O1.I. The van der Waals surface area contributed by atoms with E-state index in [4.69, 9.17) is 14.2 Å². The highest BCUT2D eigenvalue weighted by atomic mass is 127. The number of guanidine groups is 1. The molecule has 2 aliphatic heterocycles. The molecule has 2 N–H and O–H groups in total. The summed E-state index contributed by atoms with van der Waals surface area (Å²) in [5.41, 5.74) is 1.28. The van der Waals surface area contributed by atoms with Gasteiger partial charge in [-0.2, -0.15) is 0 Å². The molecule has 0 spiro atoms. The van der Waals surface area contributed by atoms with Crippen molar-refractivity contribution in [2.24, 2.45) is 10.9 Å². The molecule has 1 aromatic rings. The minimum Gasteiger partial charge on any atom is -0.488 e. The monoisotopic (exact) mass is 475 g/mol. The molecule has 0 radical (unpaired) electrons. The summed E-state index contributed by atoms with van der Waals surface area (Å²) in [5, 5.41) is 6.66. The number of hydrogen-bond donors (Lipinski definition) is 2. The van der Waals surface area contributed by atoms with E-state index >= 15 is 0 Å². The molecule has 26 heavy (non-hydrogen) atoms. The number of ether oxygens (including phenoxy) is 3. The van der Waals surface area contributed by atoms with Gasteiger partial charge in [-0.1, -0.05) is 18.2 Å². The number of para-hydroxylation sites is 1. The molecular formula is C19H30IN3O3. The average Bonchev–Trinajstić information content (AvgIpc) is 3.29. The van der Waals surface area contributed by atoms with Gasteiger partial charge in [0.05, 0.1) is 19.8 Å². The average molecular weight is 475 g/mol. The molecule has 0 aliphatic carbocycles. The van der Waals surface area contributed by atoms with Gasteiger partial charge in [0.25, 0.3) is 0 Å². The van der Waals surface area contributed by atoms with Crippen molar-refractivity contribution in [1.82, 2.24) is 10.6 Å². The standard InChI is InChI=1S/C19H29N3O3.HI/c1-20-19(21-8-4-9-23-13-15-7-10-24-14-15)22-12-17-11-16-5-2-3-6-18(16)25-17;/h2-3,5-6,15,17H,4,7-14H2,1H3,(H2,20,21,22);1H. The lowest BCUT2D eigenvalue weighted by Crippen LogP contribution is -2.42. The van der Waals surface area contributed by atoms with Crippen LogP contribution in [-0.4, -0.2) is 58.6 Å². The number of hydrogen-bond acceptors (Lipinski definition) is 4. The van der Waals surface area contributed by atoms with Crippen molar-refractivity contribution < 1.29 is 14.2 Å². The van der Waals surface area contributed by atoms with Gasteiger partial charge in [0.1, 0.15) is 11.9 Å². The first kappa shape index (κ1) is 21.2. The van der Waals surface area contributed by atoms with E-state index in [1.54, 1.807) is 7.05 Å². The number of nitrogens with one attached hydrogen (secondary N) is 2. The van der Waals surface area contributed by atoms with Crippen LogP contribution >= 0.6 is 24.0 Å². The maximum Gasteiger partial charge on any atom is 0.191 e. The molecule has 1 aromatic carbocycles. The summed E-state index contributed by atoms with van der Waals surface area (Å²) in [6.07, 6.45) is 3.19. The molecule has 2 heterocycles. The number of nitrogens with zero attached hydrogens (tertiary/aromatic N) is 1. The lowest BCUT2D eigenvalue weighted by atomic mass is 10.1. The maximum absolute atomic E-state index is 5.93. The quantitative estimate of drug-likeness (QED) is 0.261. The lowest BCUT2D eigenvalue weighted by molar-refractivity contribution is 0.0888. The van der Waals surface area contributed by atoms with Gasteiger partial charge in [0.2, 0.25) is 0 Å². The Hall–Kier alpha value is -1.06. The molecule has 0 bridgehead atoms. The van der Waals surface area contributed by atoms with Crippen LogP contribution in [0, 0.1) is 5.92 Å². The van der Waals surface area contributed by atoms with E-state index in [-0.39, 0.29) is 30.1 Å². The summed E-state index contributed by atoms with van der Waals surface area (Å²) in [4.78, 5) is 4.26. The molecule has 6 nitrogen and oxygen atoms in total. The Bertz CT molecular complexity index is 540. The first-order chi connectivity index (χ1) is 12.3. The first-order valence-electron chi connectivity index (χ1n) is 9.19. The van der Waals surface area contributed by atoms with Crippen molar-refractivity contribution in [3.63, 3.8) is 0 Å². The molecule has 1 saturated heterocycles. The fourth-order valence-electron chi connectivity index (χ4n) is 3.14. The van der Waals surface area contributed by atoms with Gasteiger partial charge < -0.3 is 24.8 Å². The van der Waals surface area contributed by atoms with Crippen LogP contribution < -0.4 is 15.4 Å². The van der Waals surface area contributed by atoms with Crippen LogP contribution in [0.15, 0.2) is 29.3 Å². The Morgan fingerprint density at radius 2 is 2.19 bits per heavy atom. The van der Waals surface area contributed by atoms with Crippen LogP contribution in [0.25, 0.3) is 0 Å². The van der Waals surface area contributed by atoms with E-state index < -0.39 is 0 Å². The van der Waals surface area contributed by atoms with E-state index in [9.17, 15) is 0 Å². The van der Waals surface area contributed by atoms with Crippen molar-refractivity contribution in [3.8, 4) is 5.75 Å². The first-order valence-corrected chi connectivity index (χ1v) is 9.19. The van der Waals surface area contributed by atoms with Crippen molar-refractivity contribution in [2.45, 2.75) is 25.4 Å². The van der Waals surface area contributed by atoms with Crippen LogP contribution in [-0.2, 0) is 15.9 Å². The largest absolute Gasteiger partial charge is 0.488 e. The molecular weight excluding hydrogens is 445 g/mol. The van der Waals surface area contributed by atoms with E-state index in [0.29, 0.717) is 5.92 Å². The Morgan fingerprint density at radius 3 is 2.96 bits per heavy atom. The van der Waals surface area contributed by atoms with Gasteiger partial charge in [0.15, 0.2) is 5.96 Å². The number of aliphatic imine (C=N–C) groups is 1. The Balaban J connectivity index is 0.00000243. The minimum absolute atomic E-state index is 0. The molecule has 2 unspecified atom stereocenters. The molecule has 2 aliphatic rings. The summed E-state index contributed by atoms with van der Waals surface area (Å²) in [6.45, 7) is 4.89. The summed E-state index contributed by atoms with van der Waals surface area (Å²) < 4.78 is 17.0. The zero-order valence-corrected chi connectivity index (χ0v) is 17.7. The second kappa shape index (κ2) is 11.6.